The summed E-state index contributed by atoms with van der Waals surface area (Å²) in [5.74, 6) is -1.42. The smallest absolute Gasteiger partial charge is 0.330 e. The van der Waals surface area contributed by atoms with Crippen LogP contribution in [0.2, 0.25) is 0 Å². The van der Waals surface area contributed by atoms with Crippen molar-refractivity contribution < 1.29 is 45.9 Å². The molecule has 5 rings (SSSR count). The van der Waals surface area contributed by atoms with E-state index < -0.39 is 70.1 Å². The number of H-pyrrole nitrogens is 1. The van der Waals surface area contributed by atoms with Crippen molar-refractivity contribution in [2.24, 2.45) is 0 Å². The number of carbonyl (C=O) groups is 2. The fourth-order valence-electron chi connectivity index (χ4n) is 6.19. The van der Waals surface area contributed by atoms with Crippen molar-refractivity contribution in [1.82, 2.24) is 9.55 Å². The summed E-state index contributed by atoms with van der Waals surface area (Å²) in [6.07, 6.45) is -2.09. The highest BCUT2D eigenvalue weighted by Crippen LogP contribution is 2.51. The quantitative estimate of drug-likeness (QED) is 0.129. The molecule has 4 unspecified atom stereocenters. The summed E-state index contributed by atoms with van der Waals surface area (Å²) >= 11 is 0. The lowest BCUT2D eigenvalue weighted by Crippen LogP contribution is -2.64. The summed E-state index contributed by atoms with van der Waals surface area (Å²) in [5.41, 5.74) is -3.13. The number of hydrogen-bond donors (Lipinski definition) is 1. The maximum atomic E-state index is 13.8. The molecule has 0 radical (unpaired) electrons. The van der Waals surface area contributed by atoms with Crippen LogP contribution in [0.25, 0.3) is 0 Å². The van der Waals surface area contributed by atoms with Gasteiger partial charge >= 0.3 is 17.6 Å². The molecular weight excluding hydrogens is 708 g/mol. The average Bonchev–Trinajstić information content (AvgIpc) is 3.37. The Morgan fingerprint density at radius 2 is 1.47 bits per heavy atom. The minimum atomic E-state index is -4.47. The van der Waals surface area contributed by atoms with Crippen LogP contribution in [0.1, 0.15) is 48.8 Å². The van der Waals surface area contributed by atoms with Gasteiger partial charge in [0.2, 0.25) is 0 Å². The predicted molar refractivity (Wildman–Crippen MR) is 190 cm³/mol. The lowest BCUT2D eigenvalue weighted by atomic mass is 9.78. The fourth-order valence-corrected chi connectivity index (χ4v) is 7.14. The molecule has 1 aliphatic rings. The molecule has 0 amide bonds. The largest absolute Gasteiger partial charge is 0.466 e. The van der Waals surface area contributed by atoms with Gasteiger partial charge in [-0.15, -0.1) is 0 Å². The van der Waals surface area contributed by atoms with Gasteiger partial charge in [-0.2, -0.15) is 8.42 Å². The Labute approximate surface area is 306 Å². The zero-order valence-electron chi connectivity index (χ0n) is 29.8. The van der Waals surface area contributed by atoms with Crippen LogP contribution in [-0.4, -0.2) is 67.0 Å². The molecule has 0 bridgehead atoms. The van der Waals surface area contributed by atoms with Gasteiger partial charge in [-0.3, -0.25) is 28.1 Å². The van der Waals surface area contributed by atoms with Crippen LogP contribution < -0.4 is 11.2 Å². The summed E-state index contributed by atoms with van der Waals surface area (Å²) in [4.78, 5) is 53.1. The van der Waals surface area contributed by atoms with Gasteiger partial charge in [-0.05, 0) is 37.1 Å². The molecule has 4 aromatic rings. The highest BCUT2D eigenvalue weighted by molar-refractivity contribution is 7.86. The van der Waals surface area contributed by atoms with Crippen molar-refractivity contribution in [3.63, 3.8) is 0 Å². The second kappa shape index (κ2) is 16.8. The number of aromatic amines is 1. The van der Waals surface area contributed by atoms with Gasteiger partial charge < -0.3 is 23.7 Å². The number of aryl methyl sites for hydroxylation is 2. The first-order valence-corrected chi connectivity index (χ1v) is 18.2. The molecule has 1 aliphatic heterocycles. The first kappa shape index (κ1) is 39.3. The van der Waals surface area contributed by atoms with E-state index in [1.807, 2.05) is 36.4 Å². The van der Waals surface area contributed by atoms with E-state index in [0.717, 1.165) is 22.6 Å². The summed E-state index contributed by atoms with van der Waals surface area (Å²) < 4.78 is 65.5. The van der Waals surface area contributed by atoms with Gasteiger partial charge in [0.15, 0.2) is 17.9 Å². The van der Waals surface area contributed by atoms with Crippen LogP contribution in [0.4, 0.5) is 0 Å². The van der Waals surface area contributed by atoms with Crippen LogP contribution in [-0.2, 0) is 60.8 Å². The second-order valence-corrected chi connectivity index (χ2v) is 14.4. The van der Waals surface area contributed by atoms with E-state index >= 15 is 0 Å². The third-order valence-corrected chi connectivity index (χ3v) is 10.1. The van der Waals surface area contributed by atoms with Crippen molar-refractivity contribution in [2.45, 2.75) is 75.8 Å². The van der Waals surface area contributed by atoms with E-state index in [1.54, 1.807) is 43.3 Å². The van der Waals surface area contributed by atoms with Gasteiger partial charge in [-0.1, -0.05) is 78.4 Å². The summed E-state index contributed by atoms with van der Waals surface area (Å²) in [6, 6.07) is 24.1. The topological polar surface area (TPSA) is 179 Å². The zero-order chi connectivity index (χ0) is 38.2. The van der Waals surface area contributed by atoms with Crippen molar-refractivity contribution in [3.05, 3.63) is 134 Å². The Hall–Kier alpha value is -4.93. The van der Waals surface area contributed by atoms with Crippen LogP contribution in [0.15, 0.2) is 106 Å². The Morgan fingerprint density at radius 3 is 2.08 bits per heavy atom. The first-order valence-electron chi connectivity index (χ1n) is 16.8. The van der Waals surface area contributed by atoms with Gasteiger partial charge in [0.1, 0.15) is 12.2 Å². The van der Waals surface area contributed by atoms with E-state index in [-0.39, 0.29) is 36.7 Å². The van der Waals surface area contributed by atoms with Crippen LogP contribution in [0.5, 0.6) is 0 Å². The summed E-state index contributed by atoms with van der Waals surface area (Å²) in [6.45, 7) is 3.99. The van der Waals surface area contributed by atoms with E-state index in [1.165, 1.54) is 32.2 Å². The molecule has 1 N–H and O–H groups in total. The highest BCUT2D eigenvalue weighted by atomic mass is 32.2. The third kappa shape index (κ3) is 9.18. The molecular formula is C38H42N2O12S. The molecule has 53 heavy (non-hydrogen) atoms. The number of benzene rings is 3. The van der Waals surface area contributed by atoms with Crippen molar-refractivity contribution in [2.75, 3.05) is 19.8 Å². The molecule has 282 valence electrons. The predicted octanol–water partition coefficient (Wildman–Crippen LogP) is 3.88. The third-order valence-electron chi connectivity index (χ3n) is 8.87. The maximum Gasteiger partial charge on any atom is 0.330 e. The molecule has 1 fully saturated rings. The molecule has 0 saturated carbocycles. The van der Waals surface area contributed by atoms with Crippen molar-refractivity contribution >= 4 is 22.1 Å². The fraction of sp³-hybridized carbons (Fsp3) is 0.368. The summed E-state index contributed by atoms with van der Waals surface area (Å²) in [7, 11) is -4.47. The van der Waals surface area contributed by atoms with Crippen LogP contribution in [0, 0.1) is 13.8 Å². The second-order valence-electron chi connectivity index (χ2n) is 12.8. The molecule has 15 heteroatoms. The molecule has 4 atom stereocenters. The lowest BCUT2D eigenvalue weighted by molar-refractivity contribution is -0.227. The lowest BCUT2D eigenvalue weighted by Gasteiger charge is -2.45. The number of rotatable bonds is 16. The van der Waals surface area contributed by atoms with E-state index in [4.69, 9.17) is 27.9 Å². The van der Waals surface area contributed by atoms with Gasteiger partial charge in [-0.25, -0.2) is 4.79 Å². The Balaban J connectivity index is 1.73. The van der Waals surface area contributed by atoms with Gasteiger partial charge in [0, 0.05) is 32.0 Å². The monoisotopic (exact) mass is 750 g/mol. The molecule has 14 nitrogen and oxygen atoms in total. The SMILES string of the molecule is CC(=O)OCCC1(OCc2ccccc2)C(OC(C)=O)C(n2cc(C)c(=O)[nH]c2=O)OC1(COCc1ccccc1)COS(=O)(=O)c1ccc(C)cc1. The molecule has 2 heterocycles. The Bertz CT molecular complexity index is 2100. The normalized spacial score (nSPS) is 21.3. The minimum Gasteiger partial charge on any atom is -0.466 e. The first-order chi connectivity index (χ1) is 25.2. The number of nitrogens with one attached hydrogen (secondary N) is 1. The van der Waals surface area contributed by atoms with Crippen LogP contribution >= 0.6 is 0 Å². The van der Waals surface area contributed by atoms with Crippen LogP contribution in [0.3, 0.4) is 0 Å². The van der Waals surface area contributed by atoms with Gasteiger partial charge in [0.25, 0.3) is 15.7 Å². The van der Waals surface area contributed by atoms with E-state index in [9.17, 15) is 27.6 Å². The Kier molecular flexibility index (Phi) is 12.5. The zero-order valence-corrected chi connectivity index (χ0v) is 30.6. The number of ether oxygens (including phenoxy) is 5. The molecule has 0 spiro atoms. The number of esters is 2. The molecule has 1 saturated heterocycles. The number of hydrogen-bond acceptors (Lipinski definition) is 12. The molecule has 0 aliphatic carbocycles. The number of aromatic nitrogens is 2. The highest BCUT2D eigenvalue weighted by Gasteiger charge is 2.70. The molecule has 3 aromatic carbocycles. The van der Waals surface area contributed by atoms with E-state index in [2.05, 4.69) is 4.98 Å². The molecule has 1 aromatic heterocycles. The summed E-state index contributed by atoms with van der Waals surface area (Å²) in [5, 5.41) is 0. The number of nitrogens with zero attached hydrogens (tertiary/aromatic N) is 1. The standard InChI is InChI=1S/C38H42N2O12S/c1-26-15-17-32(18-16-26)53(45,46)50-25-37(24-47-22-30-11-7-5-8-12-30)38(19-20-48-28(3)41,49-23-31-13-9-6-10-14-31)33(51-29(4)42)35(52-37)40-21-27(2)34(43)39-36(40)44/h5-18,21,33,35H,19-20,22-25H2,1-4H3,(H,39,43,44). The average molecular weight is 751 g/mol. The number of carbonyl (C=O) groups excluding carboxylic acids is 2. The van der Waals surface area contributed by atoms with Crippen molar-refractivity contribution in [3.8, 4) is 0 Å². The minimum absolute atomic E-state index is 0.0238. The maximum absolute atomic E-state index is 13.8. The Morgan fingerprint density at radius 1 is 0.849 bits per heavy atom. The van der Waals surface area contributed by atoms with Crippen molar-refractivity contribution in [1.29, 1.82) is 0 Å². The van der Waals surface area contributed by atoms with E-state index in [0.29, 0.717) is 5.56 Å². The van der Waals surface area contributed by atoms with Gasteiger partial charge in [0.05, 0.1) is 31.3 Å².